The van der Waals surface area contributed by atoms with Gasteiger partial charge in [0.1, 0.15) is 18.1 Å². The van der Waals surface area contributed by atoms with E-state index < -0.39 is 17.9 Å². The van der Waals surface area contributed by atoms with Crippen molar-refractivity contribution in [3.63, 3.8) is 0 Å². The summed E-state index contributed by atoms with van der Waals surface area (Å²) in [6.07, 6.45) is 1.49. The SMILES string of the molecule is CCOC(=O)C1=C(C)NC(=S)N[C@@H]1c1ccccc1OCC(=O)NN=Cc1ccc(OCc2ccccc2C#N)c(Br)c1. The number of nitrogens with one attached hydrogen (secondary N) is 3. The van der Waals surface area contributed by atoms with Gasteiger partial charge >= 0.3 is 5.97 Å². The highest BCUT2D eigenvalue weighted by Gasteiger charge is 2.32. The van der Waals surface area contributed by atoms with Crippen LogP contribution in [0.25, 0.3) is 0 Å². The molecule has 3 N–H and O–H groups in total. The van der Waals surface area contributed by atoms with Crippen molar-refractivity contribution in [1.82, 2.24) is 16.1 Å². The summed E-state index contributed by atoms with van der Waals surface area (Å²) in [7, 11) is 0. The summed E-state index contributed by atoms with van der Waals surface area (Å²) >= 11 is 8.80. The van der Waals surface area contributed by atoms with Gasteiger partial charge in [-0.1, -0.05) is 36.4 Å². The van der Waals surface area contributed by atoms with Crippen LogP contribution >= 0.6 is 28.1 Å². The number of hydrogen-bond acceptors (Lipinski definition) is 8. The lowest BCUT2D eigenvalue weighted by atomic mass is 9.95. The maximum absolute atomic E-state index is 12.7. The second-order valence-corrected chi connectivity index (χ2v) is 10.4. The zero-order valence-corrected chi connectivity index (χ0v) is 25.8. The second kappa shape index (κ2) is 14.9. The van der Waals surface area contributed by atoms with Crippen LogP contribution in [0.1, 0.15) is 42.1 Å². The van der Waals surface area contributed by atoms with Gasteiger partial charge in [0, 0.05) is 16.8 Å². The molecule has 12 heteroatoms. The first-order valence-corrected chi connectivity index (χ1v) is 14.4. The molecule has 0 radical (unpaired) electrons. The number of ether oxygens (including phenoxy) is 3. The van der Waals surface area contributed by atoms with Crippen molar-refractivity contribution in [2.45, 2.75) is 26.5 Å². The fraction of sp³-hybridized carbons (Fsp3) is 0.194. The van der Waals surface area contributed by atoms with Gasteiger partial charge < -0.3 is 24.8 Å². The van der Waals surface area contributed by atoms with E-state index in [1.165, 1.54) is 6.21 Å². The highest BCUT2D eigenvalue weighted by molar-refractivity contribution is 9.10. The van der Waals surface area contributed by atoms with Gasteiger partial charge in [-0.3, -0.25) is 4.79 Å². The van der Waals surface area contributed by atoms with E-state index in [0.717, 1.165) is 5.56 Å². The Morgan fingerprint density at radius 1 is 1.12 bits per heavy atom. The predicted octanol–water partition coefficient (Wildman–Crippen LogP) is 4.78. The molecule has 1 amide bonds. The zero-order valence-electron chi connectivity index (χ0n) is 23.3. The molecule has 1 atom stereocenters. The number of hydrogen-bond donors (Lipinski definition) is 3. The number of carbonyl (C=O) groups excluding carboxylic acids is 2. The number of nitrogens with zero attached hydrogens (tertiary/aromatic N) is 2. The Kier molecular flexibility index (Phi) is 10.9. The van der Waals surface area contributed by atoms with Gasteiger partial charge in [0.2, 0.25) is 0 Å². The molecule has 0 spiro atoms. The topological polar surface area (TPSA) is 134 Å². The quantitative estimate of drug-likeness (QED) is 0.115. The monoisotopic (exact) mass is 661 g/mol. The Morgan fingerprint density at radius 2 is 1.88 bits per heavy atom. The van der Waals surface area contributed by atoms with Crippen molar-refractivity contribution >= 4 is 51.4 Å². The Morgan fingerprint density at radius 3 is 2.65 bits per heavy atom. The third-order valence-electron chi connectivity index (χ3n) is 6.23. The van der Waals surface area contributed by atoms with Gasteiger partial charge in [-0.15, -0.1) is 0 Å². The van der Waals surface area contributed by atoms with E-state index in [-0.39, 0.29) is 19.8 Å². The van der Waals surface area contributed by atoms with Crippen LogP contribution in [0.5, 0.6) is 11.5 Å². The molecule has 0 aromatic heterocycles. The van der Waals surface area contributed by atoms with Crippen LogP contribution in [0, 0.1) is 11.3 Å². The molecule has 1 heterocycles. The molecule has 0 saturated heterocycles. The fourth-order valence-electron chi connectivity index (χ4n) is 4.24. The average molecular weight is 663 g/mol. The van der Waals surface area contributed by atoms with Crippen molar-refractivity contribution in [2.24, 2.45) is 5.10 Å². The number of esters is 1. The molecule has 10 nitrogen and oxygen atoms in total. The number of thiocarbonyl (C=S) groups is 1. The highest BCUT2D eigenvalue weighted by atomic mass is 79.9. The number of rotatable bonds is 11. The molecule has 0 saturated carbocycles. The lowest BCUT2D eigenvalue weighted by Gasteiger charge is -2.30. The summed E-state index contributed by atoms with van der Waals surface area (Å²) in [5.41, 5.74) is 6.08. The Hall–Kier alpha value is -4.73. The molecule has 0 aliphatic carbocycles. The summed E-state index contributed by atoms with van der Waals surface area (Å²) in [4.78, 5) is 25.2. The van der Waals surface area contributed by atoms with Crippen molar-refractivity contribution < 1.29 is 23.8 Å². The van der Waals surface area contributed by atoms with Crippen LogP contribution in [0.15, 0.2) is 87.6 Å². The molecule has 0 unspecified atom stereocenters. The Labute approximate surface area is 262 Å². The number of amides is 1. The molecule has 0 bridgehead atoms. The van der Waals surface area contributed by atoms with Crippen molar-refractivity contribution in [1.29, 1.82) is 5.26 Å². The first kappa shape index (κ1) is 31.2. The van der Waals surface area contributed by atoms with Gasteiger partial charge in [0.25, 0.3) is 5.91 Å². The second-order valence-electron chi connectivity index (χ2n) is 9.16. The fourth-order valence-corrected chi connectivity index (χ4v) is 5.02. The minimum atomic E-state index is -0.628. The third-order valence-corrected chi connectivity index (χ3v) is 7.07. The zero-order chi connectivity index (χ0) is 30.8. The van der Waals surface area contributed by atoms with Gasteiger partial charge in [-0.05, 0) is 77.9 Å². The number of allylic oxidation sites excluding steroid dienone is 1. The van der Waals surface area contributed by atoms with E-state index >= 15 is 0 Å². The van der Waals surface area contributed by atoms with Gasteiger partial charge in [-0.25, -0.2) is 10.2 Å². The van der Waals surface area contributed by atoms with Crippen molar-refractivity contribution in [3.8, 4) is 17.6 Å². The standard InChI is InChI=1S/C31H28BrN5O5S/c1-3-40-30(39)28-19(2)35-31(43)36-29(28)23-10-6-7-11-25(23)42-18-27(38)37-34-16-20-12-13-26(24(32)14-20)41-17-22-9-5-4-8-21(22)15-33/h4-14,16,29H,3,17-18H2,1-2H3,(H,37,38)(H2,35,36,43)/t29-/m1/s1. The Bertz CT molecular complexity index is 1630. The first-order valence-electron chi connectivity index (χ1n) is 13.2. The molecule has 3 aromatic carbocycles. The van der Waals surface area contributed by atoms with Gasteiger partial charge in [-0.2, -0.15) is 10.4 Å². The number of nitriles is 1. The Balaban J connectivity index is 1.35. The lowest BCUT2D eigenvalue weighted by molar-refractivity contribution is -0.139. The molecule has 4 rings (SSSR count). The molecule has 3 aromatic rings. The molecule has 43 heavy (non-hydrogen) atoms. The van der Waals surface area contributed by atoms with Crippen molar-refractivity contribution in [2.75, 3.05) is 13.2 Å². The van der Waals surface area contributed by atoms with Crippen LogP contribution in [-0.2, 0) is 20.9 Å². The molecular weight excluding hydrogens is 634 g/mol. The molecule has 0 fully saturated rings. The van der Waals surface area contributed by atoms with Crippen molar-refractivity contribution in [3.05, 3.63) is 105 Å². The summed E-state index contributed by atoms with van der Waals surface area (Å²) in [6.45, 7) is 3.63. The van der Waals surface area contributed by atoms with E-state index in [2.05, 4.69) is 43.2 Å². The minimum Gasteiger partial charge on any atom is -0.488 e. The van der Waals surface area contributed by atoms with Crippen LogP contribution in [-0.4, -0.2) is 36.4 Å². The van der Waals surface area contributed by atoms with E-state index in [1.54, 1.807) is 68.4 Å². The molecule has 220 valence electrons. The predicted molar refractivity (Wildman–Crippen MR) is 168 cm³/mol. The smallest absolute Gasteiger partial charge is 0.338 e. The van der Waals surface area contributed by atoms with E-state index in [1.807, 2.05) is 12.1 Å². The molecule has 1 aliphatic heterocycles. The first-order chi connectivity index (χ1) is 20.8. The van der Waals surface area contributed by atoms with Gasteiger partial charge in [0.05, 0.1) is 40.5 Å². The van der Waals surface area contributed by atoms with Crippen LogP contribution < -0.4 is 25.5 Å². The number of para-hydroxylation sites is 1. The van der Waals surface area contributed by atoms with Crippen LogP contribution in [0.3, 0.4) is 0 Å². The highest BCUT2D eigenvalue weighted by Crippen LogP contribution is 2.33. The maximum atomic E-state index is 12.7. The number of benzene rings is 3. The number of halogens is 1. The van der Waals surface area contributed by atoms with Crippen LogP contribution in [0.2, 0.25) is 0 Å². The molecular formula is C31H28BrN5O5S. The van der Waals surface area contributed by atoms with E-state index in [9.17, 15) is 14.9 Å². The number of hydrazone groups is 1. The third kappa shape index (κ3) is 8.18. The lowest BCUT2D eigenvalue weighted by Crippen LogP contribution is -2.45. The summed E-state index contributed by atoms with van der Waals surface area (Å²) in [5.74, 6) is 0.0359. The summed E-state index contributed by atoms with van der Waals surface area (Å²) in [5, 5.41) is 19.7. The minimum absolute atomic E-state index is 0.221. The maximum Gasteiger partial charge on any atom is 0.338 e. The molecule has 1 aliphatic rings. The summed E-state index contributed by atoms with van der Waals surface area (Å²) in [6, 6.07) is 21.2. The largest absolute Gasteiger partial charge is 0.488 e. The van der Waals surface area contributed by atoms with E-state index in [4.69, 9.17) is 26.4 Å². The van der Waals surface area contributed by atoms with E-state index in [0.29, 0.717) is 49.0 Å². The summed E-state index contributed by atoms with van der Waals surface area (Å²) < 4.78 is 17.6. The van der Waals surface area contributed by atoms with Gasteiger partial charge in [0.15, 0.2) is 11.7 Å². The normalized spacial score (nSPS) is 14.4. The van der Waals surface area contributed by atoms with Crippen LogP contribution in [0.4, 0.5) is 0 Å². The average Bonchev–Trinajstić information content (AvgIpc) is 2.99. The number of carbonyl (C=O) groups is 2.